The third-order valence-electron chi connectivity index (χ3n) is 7.30. The molecule has 2 heterocycles. The van der Waals surface area contributed by atoms with Crippen LogP contribution in [0.5, 0.6) is 0 Å². The fourth-order valence-corrected chi connectivity index (χ4v) is 5.25. The van der Waals surface area contributed by atoms with Crippen LogP contribution in [0.2, 0.25) is 0 Å². The van der Waals surface area contributed by atoms with E-state index in [9.17, 15) is 9.18 Å². The predicted octanol–water partition coefficient (Wildman–Crippen LogP) is 7.04. The molecule has 2 aliphatic rings. The Morgan fingerprint density at radius 1 is 1.09 bits per heavy atom. The molecule has 4 rings (SSSR count). The quantitative estimate of drug-likeness (QED) is 0.233. The molecule has 0 radical (unpaired) electrons. The summed E-state index contributed by atoms with van der Waals surface area (Å²) in [5, 5.41) is 8.90. The topological polar surface area (TPSA) is 52.1 Å². The minimum atomic E-state index is -0.597. The zero-order valence-corrected chi connectivity index (χ0v) is 19.7. The Balaban J connectivity index is 1.40. The zero-order valence-electron chi connectivity index (χ0n) is 19.7. The van der Waals surface area contributed by atoms with E-state index in [1.54, 1.807) is 0 Å². The summed E-state index contributed by atoms with van der Waals surface area (Å²) >= 11 is 0. The van der Waals surface area contributed by atoms with Crippen LogP contribution in [0.4, 0.5) is 4.39 Å². The number of ether oxygens (including phenoxy) is 1. The fourth-order valence-electron chi connectivity index (χ4n) is 5.25. The molecule has 1 aliphatic heterocycles. The van der Waals surface area contributed by atoms with E-state index in [0.29, 0.717) is 35.6 Å². The van der Waals surface area contributed by atoms with Crippen molar-refractivity contribution in [2.75, 3.05) is 0 Å². The summed E-state index contributed by atoms with van der Waals surface area (Å²) in [6.45, 7) is 5.94. The molecular formula is C28H35FN2O2. The molecule has 1 unspecified atom stereocenters. The molecule has 1 aromatic carbocycles. The molecule has 1 atom stereocenters. The molecule has 4 nitrogen and oxygen atoms in total. The first-order chi connectivity index (χ1) is 16.1. The number of unbranched alkanes of at least 4 members (excludes halogenated alkanes) is 2. The van der Waals surface area contributed by atoms with Gasteiger partial charge in [-0.3, -0.25) is 0 Å². The monoisotopic (exact) mass is 450 g/mol. The van der Waals surface area contributed by atoms with Crippen LogP contribution in [0.25, 0.3) is 0 Å². The fraction of sp³-hybridized carbons (Fsp3) is 0.536. The van der Waals surface area contributed by atoms with Crippen molar-refractivity contribution in [3.05, 3.63) is 70.8 Å². The molecule has 0 amide bonds. The lowest BCUT2D eigenvalue weighted by atomic mass is 9.78. The number of nitrogens with zero attached hydrogens (tertiary/aromatic N) is 2. The van der Waals surface area contributed by atoms with Crippen LogP contribution in [0.1, 0.15) is 110 Å². The second-order valence-corrected chi connectivity index (χ2v) is 9.59. The van der Waals surface area contributed by atoms with Gasteiger partial charge in [-0.05, 0) is 80.5 Å². The Hall–Kier alpha value is -2.56. The lowest BCUT2D eigenvalue weighted by Gasteiger charge is -2.28. The van der Waals surface area contributed by atoms with Gasteiger partial charge in [0.05, 0.1) is 11.3 Å². The second-order valence-electron chi connectivity index (χ2n) is 9.59. The normalized spacial score (nSPS) is 22.5. The zero-order chi connectivity index (χ0) is 23.2. The van der Waals surface area contributed by atoms with Gasteiger partial charge in [0.1, 0.15) is 17.6 Å². The maximum absolute atomic E-state index is 15.0. The van der Waals surface area contributed by atoms with Gasteiger partial charge in [0.15, 0.2) is 0 Å². The van der Waals surface area contributed by atoms with Crippen LogP contribution >= 0.6 is 0 Å². The van der Waals surface area contributed by atoms with Gasteiger partial charge >= 0.3 is 5.97 Å². The second kappa shape index (κ2) is 11.0. The van der Waals surface area contributed by atoms with Crippen molar-refractivity contribution in [2.24, 2.45) is 5.92 Å². The summed E-state index contributed by atoms with van der Waals surface area (Å²) in [6, 6.07) is 7.64. The Kier molecular flexibility index (Phi) is 7.89. The number of benzene rings is 1. The molecule has 1 aliphatic carbocycles. The molecule has 176 valence electrons. The van der Waals surface area contributed by atoms with Gasteiger partial charge in [-0.15, -0.1) is 6.58 Å². The van der Waals surface area contributed by atoms with Gasteiger partial charge in [0.2, 0.25) is 0 Å². The van der Waals surface area contributed by atoms with E-state index in [-0.39, 0.29) is 5.56 Å². The summed E-state index contributed by atoms with van der Waals surface area (Å²) in [6.07, 6.45) is 12.7. The lowest BCUT2D eigenvalue weighted by molar-refractivity contribution is 0.0233. The van der Waals surface area contributed by atoms with E-state index in [0.717, 1.165) is 50.1 Å². The van der Waals surface area contributed by atoms with Crippen LogP contribution in [-0.4, -0.2) is 16.2 Å². The Morgan fingerprint density at radius 3 is 2.55 bits per heavy atom. The van der Waals surface area contributed by atoms with Crippen molar-refractivity contribution in [1.82, 2.24) is 10.2 Å². The van der Waals surface area contributed by atoms with Crippen LogP contribution in [0.3, 0.4) is 0 Å². The van der Waals surface area contributed by atoms with Crippen molar-refractivity contribution in [2.45, 2.75) is 89.6 Å². The number of hydrogen-bond acceptors (Lipinski definition) is 4. The summed E-state index contributed by atoms with van der Waals surface area (Å²) in [5.41, 5.74) is 3.03. The molecule has 0 saturated heterocycles. The van der Waals surface area contributed by atoms with Crippen molar-refractivity contribution in [3.63, 3.8) is 0 Å². The smallest absolute Gasteiger partial charge is 0.342 e. The number of aromatic nitrogens is 2. The molecule has 2 aromatic rings. The largest absolute Gasteiger partial charge is 0.452 e. The Bertz CT molecular complexity index is 965. The van der Waals surface area contributed by atoms with E-state index >= 15 is 0 Å². The van der Waals surface area contributed by atoms with Crippen molar-refractivity contribution in [3.8, 4) is 0 Å². The first-order valence-corrected chi connectivity index (χ1v) is 12.6. The third kappa shape index (κ3) is 5.51. The van der Waals surface area contributed by atoms with Crippen molar-refractivity contribution in [1.29, 1.82) is 0 Å². The van der Waals surface area contributed by atoms with Gasteiger partial charge in [0.25, 0.3) is 0 Å². The van der Waals surface area contributed by atoms with Gasteiger partial charge < -0.3 is 4.74 Å². The number of allylic oxidation sites excluding steroid dienone is 1. The Labute approximate surface area is 196 Å². The van der Waals surface area contributed by atoms with E-state index < -0.39 is 17.9 Å². The van der Waals surface area contributed by atoms with E-state index in [2.05, 4.69) is 23.7 Å². The van der Waals surface area contributed by atoms with Gasteiger partial charge in [0, 0.05) is 12.3 Å². The molecule has 0 spiro atoms. The third-order valence-corrected chi connectivity index (χ3v) is 7.30. The number of carbonyl (C=O) groups is 1. The average Bonchev–Trinajstić information content (AvgIpc) is 2.84. The number of hydrogen-bond donors (Lipinski definition) is 0. The molecule has 0 bridgehead atoms. The van der Waals surface area contributed by atoms with Crippen molar-refractivity contribution < 1.29 is 13.9 Å². The van der Waals surface area contributed by atoms with Crippen molar-refractivity contribution >= 4 is 5.97 Å². The van der Waals surface area contributed by atoms with E-state index in [1.165, 1.54) is 19.3 Å². The van der Waals surface area contributed by atoms with Crippen LogP contribution < -0.4 is 0 Å². The van der Waals surface area contributed by atoms with Gasteiger partial charge in [-0.1, -0.05) is 38.0 Å². The standard InChI is InChI=1S/C28H35FN2O2/c1-3-5-7-9-21-14-15-22-18-25(33-28(32)26(22)27(21)29)24-17-16-23(30-31-24)20-12-10-19(11-13-20)8-6-4-2/h4,14-17,19-20,25H,2-3,5-13,18H2,1H3. The van der Waals surface area contributed by atoms with Gasteiger partial charge in [-0.2, -0.15) is 10.2 Å². The van der Waals surface area contributed by atoms with E-state index in [4.69, 9.17) is 4.74 Å². The number of aryl methyl sites for hydroxylation is 1. The first-order valence-electron chi connectivity index (χ1n) is 12.6. The average molecular weight is 451 g/mol. The summed E-state index contributed by atoms with van der Waals surface area (Å²) in [4.78, 5) is 12.7. The SMILES string of the molecule is C=CCCC1CCC(c2ccc(C3Cc4ccc(CCCCC)c(F)c4C(=O)O3)nn2)CC1. The highest BCUT2D eigenvalue weighted by Crippen LogP contribution is 2.37. The summed E-state index contributed by atoms with van der Waals surface area (Å²) in [5.74, 6) is 0.221. The maximum Gasteiger partial charge on any atom is 0.342 e. The number of cyclic esters (lactones) is 1. The number of carbonyl (C=O) groups excluding carboxylic acids is 1. The Morgan fingerprint density at radius 2 is 1.85 bits per heavy atom. The number of halogens is 1. The number of esters is 1. The number of rotatable bonds is 9. The predicted molar refractivity (Wildman–Crippen MR) is 128 cm³/mol. The highest BCUT2D eigenvalue weighted by atomic mass is 19.1. The highest BCUT2D eigenvalue weighted by Gasteiger charge is 2.32. The molecule has 1 fully saturated rings. The van der Waals surface area contributed by atoms with Gasteiger partial charge in [-0.25, -0.2) is 9.18 Å². The molecule has 1 saturated carbocycles. The van der Waals surface area contributed by atoms with E-state index in [1.807, 2.05) is 30.3 Å². The summed E-state index contributed by atoms with van der Waals surface area (Å²) in [7, 11) is 0. The minimum Gasteiger partial charge on any atom is -0.452 e. The maximum atomic E-state index is 15.0. The van der Waals surface area contributed by atoms with Crippen LogP contribution in [0.15, 0.2) is 36.9 Å². The molecule has 5 heteroatoms. The first kappa shape index (κ1) is 23.6. The molecule has 33 heavy (non-hydrogen) atoms. The van der Waals surface area contributed by atoms with Crippen LogP contribution in [0, 0.1) is 11.7 Å². The molecule has 1 aromatic heterocycles. The summed E-state index contributed by atoms with van der Waals surface area (Å²) < 4.78 is 20.6. The molecule has 0 N–H and O–H groups in total. The lowest BCUT2D eigenvalue weighted by Crippen LogP contribution is -2.25. The van der Waals surface area contributed by atoms with Crippen LogP contribution in [-0.2, 0) is 17.6 Å². The minimum absolute atomic E-state index is 0.0954. The highest BCUT2D eigenvalue weighted by molar-refractivity contribution is 5.92. The number of fused-ring (bicyclic) bond motifs is 1. The molecular weight excluding hydrogens is 415 g/mol.